The van der Waals surface area contributed by atoms with Crippen molar-refractivity contribution in [1.29, 1.82) is 0 Å². The summed E-state index contributed by atoms with van der Waals surface area (Å²) in [5, 5.41) is 5.68. The fourth-order valence-corrected chi connectivity index (χ4v) is 5.95. The molecule has 30 heavy (non-hydrogen) atoms. The fourth-order valence-electron chi connectivity index (χ4n) is 2.96. The number of amides is 2. The monoisotopic (exact) mass is 479 g/mol. The summed E-state index contributed by atoms with van der Waals surface area (Å²) in [4.78, 5) is 19.0. The van der Waals surface area contributed by atoms with Crippen molar-refractivity contribution in [2.75, 3.05) is 29.9 Å². The molecule has 0 saturated carbocycles. The molecule has 1 N–H and O–H groups in total. The lowest BCUT2D eigenvalue weighted by atomic mass is 10.2. The van der Waals surface area contributed by atoms with Crippen LogP contribution in [0.1, 0.15) is 0 Å². The summed E-state index contributed by atoms with van der Waals surface area (Å²) in [6, 6.07) is 12.5. The van der Waals surface area contributed by atoms with Crippen LogP contribution in [0, 0.1) is 0 Å². The number of nitrogens with zero attached hydrogens (tertiary/aromatic N) is 2. The van der Waals surface area contributed by atoms with Gasteiger partial charge in [0, 0.05) is 40.6 Å². The molecule has 2 aromatic carbocycles. The maximum absolute atomic E-state index is 12.8. The molecule has 1 aliphatic rings. The van der Waals surface area contributed by atoms with Crippen LogP contribution < -0.4 is 5.32 Å². The number of thiazole rings is 1. The number of hydrogen-bond acceptors (Lipinski definition) is 6. The normalized spacial score (nSPS) is 14.5. The number of anilines is 1. The lowest BCUT2D eigenvalue weighted by Gasteiger charge is -2.25. The van der Waals surface area contributed by atoms with E-state index in [0.717, 1.165) is 30.2 Å². The number of rotatable bonds is 4. The van der Waals surface area contributed by atoms with Crippen LogP contribution in [-0.4, -0.2) is 48.9 Å². The van der Waals surface area contributed by atoms with Gasteiger partial charge in [-0.15, -0.1) is 11.3 Å². The minimum atomic E-state index is -3.62. The molecule has 1 aromatic heterocycles. The summed E-state index contributed by atoms with van der Waals surface area (Å²) in [7, 11) is -3.62. The van der Waals surface area contributed by atoms with Gasteiger partial charge in [-0.25, -0.2) is 18.2 Å². The van der Waals surface area contributed by atoms with Gasteiger partial charge >= 0.3 is 6.03 Å². The van der Waals surface area contributed by atoms with Gasteiger partial charge in [-0.3, -0.25) is 5.32 Å². The number of thioether (sulfide) groups is 1. The molecule has 6 nitrogen and oxygen atoms in total. The van der Waals surface area contributed by atoms with Gasteiger partial charge in [0.25, 0.3) is 0 Å². The molecule has 1 aliphatic heterocycles. The Kier molecular flexibility index (Phi) is 6.33. The number of aromatic nitrogens is 1. The smallest absolute Gasteiger partial charge is 0.323 e. The van der Waals surface area contributed by atoms with Gasteiger partial charge in [-0.05, 0) is 36.4 Å². The minimum Gasteiger partial charge on any atom is -0.323 e. The van der Waals surface area contributed by atoms with Crippen molar-refractivity contribution in [2.24, 2.45) is 0 Å². The third-order valence-corrected chi connectivity index (χ3v) is 8.34. The molecule has 0 atom stereocenters. The molecule has 1 saturated heterocycles. The average Bonchev–Trinajstić information content (AvgIpc) is 3.23. The van der Waals surface area contributed by atoms with Crippen LogP contribution >= 0.6 is 34.7 Å². The summed E-state index contributed by atoms with van der Waals surface area (Å²) < 4.78 is 25.5. The number of carbonyl (C=O) groups excluding carboxylic acids is 1. The number of sulfone groups is 1. The van der Waals surface area contributed by atoms with E-state index in [-0.39, 0.29) is 15.8 Å². The minimum absolute atomic E-state index is 0.138. The van der Waals surface area contributed by atoms with E-state index in [0.29, 0.717) is 15.8 Å². The molecule has 0 aliphatic carbocycles. The Hall–Kier alpha value is -2.07. The van der Waals surface area contributed by atoms with Gasteiger partial charge in [0.15, 0.2) is 5.13 Å². The van der Waals surface area contributed by atoms with Crippen LogP contribution in [0.5, 0.6) is 0 Å². The Balaban J connectivity index is 1.48. The van der Waals surface area contributed by atoms with E-state index < -0.39 is 9.84 Å². The molecule has 1 fully saturated rings. The highest BCUT2D eigenvalue weighted by molar-refractivity contribution is 7.99. The Labute approximate surface area is 188 Å². The van der Waals surface area contributed by atoms with Gasteiger partial charge < -0.3 is 4.90 Å². The molecule has 0 radical (unpaired) electrons. The predicted molar refractivity (Wildman–Crippen MR) is 122 cm³/mol. The van der Waals surface area contributed by atoms with E-state index in [9.17, 15) is 13.2 Å². The van der Waals surface area contributed by atoms with Crippen molar-refractivity contribution in [3.8, 4) is 11.3 Å². The largest absolute Gasteiger partial charge is 0.323 e. The zero-order valence-electron chi connectivity index (χ0n) is 15.7. The third kappa shape index (κ3) is 4.64. The molecular formula is C20H18ClN3O3S3. The van der Waals surface area contributed by atoms with Crippen LogP contribution in [0.3, 0.4) is 0 Å². The van der Waals surface area contributed by atoms with Crippen LogP contribution in [0.2, 0.25) is 5.02 Å². The van der Waals surface area contributed by atoms with Gasteiger partial charge in [-0.1, -0.05) is 23.7 Å². The van der Waals surface area contributed by atoms with E-state index in [1.807, 2.05) is 17.1 Å². The number of benzene rings is 2. The molecule has 156 valence electrons. The van der Waals surface area contributed by atoms with Gasteiger partial charge in [0.2, 0.25) is 9.84 Å². The second-order valence-electron chi connectivity index (χ2n) is 6.55. The summed E-state index contributed by atoms with van der Waals surface area (Å²) in [6.45, 7) is 1.47. The van der Waals surface area contributed by atoms with Crippen LogP contribution in [0.4, 0.5) is 9.93 Å². The van der Waals surface area contributed by atoms with Crippen molar-refractivity contribution >= 4 is 55.7 Å². The molecule has 2 heterocycles. The van der Waals surface area contributed by atoms with Gasteiger partial charge in [0.05, 0.1) is 15.5 Å². The molecule has 3 aromatic rings. The first-order valence-corrected chi connectivity index (χ1v) is 13.0. The topological polar surface area (TPSA) is 79.4 Å². The molecule has 2 amide bonds. The first-order valence-electron chi connectivity index (χ1n) is 9.14. The van der Waals surface area contributed by atoms with E-state index in [1.54, 1.807) is 41.3 Å². The SMILES string of the molecule is O=C(Nc1nc(-c2ccc(S(=O)(=O)c3ccc(Cl)cc3)cc2)cs1)N1CCSCC1. The Morgan fingerprint density at radius 2 is 1.60 bits per heavy atom. The van der Waals surface area contributed by atoms with E-state index in [4.69, 9.17) is 11.6 Å². The molecule has 0 bridgehead atoms. The summed E-state index contributed by atoms with van der Waals surface area (Å²) in [6.07, 6.45) is 0. The third-order valence-electron chi connectivity index (χ3n) is 4.60. The summed E-state index contributed by atoms with van der Waals surface area (Å²) in [5.41, 5.74) is 1.45. The average molecular weight is 480 g/mol. The van der Waals surface area contributed by atoms with E-state index >= 15 is 0 Å². The molecule has 0 spiro atoms. The quantitative estimate of drug-likeness (QED) is 0.577. The Morgan fingerprint density at radius 3 is 2.23 bits per heavy atom. The first-order chi connectivity index (χ1) is 14.4. The number of hydrogen-bond donors (Lipinski definition) is 1. The van der Waals surface area contributed by atoms with Crippen molar-refractivity contribution in [1.82, 2.24) is 9.88 Å². The van der Waals surface area contributed by atoms with Gasteiger partial charge in [0.1, 0.15) is 0 Å². The molecular weight excluding hydrogens is 462 g/mol. The van der Waals surface area contributed by atoms with Crippen molar-refractivity contribution in [3.05, 3.63) is 58.9 Å². The summed E-state index contributed by atoms with van der Waals surface area (Å²) in [5.74, 6) is 1.89. The number of nitrogens with one attached hydrogen (secondary N) is 1. The number of urea groups is 1. The predicted octanol–water partition coefficient (Wildman–Crippen LogP) is 4.88. The maximum atomic E-state index is 12.8. The second-order valence-corrected chi connectivity index (χ2v) is 11.0. The lowest BCUT2D eigenvalue weighted by molar-refractivity contribution is 0.217. The zero-order chi connectivity index (χ0) is 21.1. The van der Waals surface area contributed by atoms with E-state index in [2.05, 4.69) is 10.3 Å². The van der Waals surface area contributed by atoms with Crippen molar-refractivity contribution < 1.29 is 13.2 Å². The molecule has 10 heteroatoms. The fraction of sp³-hybridized carbons (Fsp3) is 0.200. The standard InChI is InChI=1S/C20H18ClN3O3S3/c21-15-3-7-17(8-4-15)30(26,27)16-5-1-14(2-6-16)18-13-29-19(22-18)23-20(25)24-9-11-28-12-10-24/h1-8,13H,9-12H2,(H,22,23,25). The van der Waals surface area contributed by atoms with Crippen LogP contribution in [-0.2, 0) is 9.84 Å². The van der Waals surface area contributed by atoms with Crippen molar-refractivity contribution in [2.45, 2.75) is 9.79 Å². The lowest BCUT2D eigenvalue weighted by Crippen LogP contribution is -2.40. The molecule has 0 unspecified atom stereocenters. The number of halogens is 1. The number of carbonyl (C=O) groups is 1. The first kappa shape index (κ1) is 21.2. The van der Waals surface area contributed by atoms with Crippen molar-refractivity contribution in [3.63, 3.8) is 0 Å². The van der Waals surface area contributed by atoms with Gasteiger partial charge in [-0.2, -0.15) is 11.8 Å². The van der Waals surface area contributed by atoms with Crippen LogP contribution in [0.15, 0.2) is 63.7 Å². The molecule has 4 rings (SSSR count). The Morgan fingerprint density at radius 1 is 1.00 bits per heavy atom. The summed E-state index contributed by atoms with van der Waals surface area (Å²) >= 11 is 9.02. The highest BCUT2D eigenvalue weighted by Crippen LogP contribution is 2.28. The second kappa shape index (κ2) is 8.97. The highest BCUT2D eigenvalue weighted by Gasteiger charge is 2.19. The van der Waals surface area contributed by atoms with E-state index in [1.165, 1.54) is 23.5 Å². The van der Waals surface area contributed by atoms with Crippen LogP contribution in [0.25, 0.3) is 11.3 Å². The highest BCUT2D eigenvalue weighted by atomic mass is 35.5. The maximum Gasteiger partial charge on any atom is 0.323 e. The zero-order valence-corrected chi connectivity index (χ0v) is 19.0. The Bertz CT molecular complexity index is 1140.